The summed E-state index contributed by atoms with van der Waals surface area (Å²) in [5.74, 6) is 0.570. The van der Waals surface area contributed by atoms with Gasteiger partial charge in [0.25, 0.3) is 0 Å². The number of fused-ring (bicyclic) bond motifs is 2. The van der Waals surface area contributed by atoms with Gasteiger partial charge in [0, 0.05) is 27.9 Å². The summed E-state index contributed by atoms with van der Waals surface area (Å²) >= 11 is 6.14. The molecule has 2 aromatic heterocycles. The van der Waals surface area contributed by atoms with Gasteiger partial charge in [-0.2, -0.15) is 0 Å². The van der Waals surface area contributed by atoms with Gasteiger partial charge >= 0.3 is 5.63 Å². The maximum absolute atomic E-state index is 12.7. The zero-order chi connectivity index (χ0) is 21.6. The van der Waals surface area contributed by atoms with Crippen LogP contribution < -0.4 is 10.9 Å². The molecule has 0 aliphatic rings. The van der Waals surface area contributed by atoms with Gasteiger partial charge in [0.2, 0.25) is 5.91 Å². The molecule has 0 radical (unpaired) electrons. The van der Waals surface area contributed by atoms with Crippen molar-refractivity contribution in [2.75, 3.05) is 0 Å². The van der Waals surface area contributed by atoms with Crippen LogP contribution in [0.4, 0.5) is 0 Å². The van der Waals surface area contributed by atoms with E-state index in [4.69, 9.17) is 20.4 Å². The molecule has 0 aliphatic heterocycles. The number of aryl methyl sites for hydroxylation is 4. The van der Waals surface area contributed by atoms with Gasteiger partial charge in [-0.3, -0.25) is 4.79 Å². The molecule has 0 saturated carbocycles. The highest BCUT2D eigenvalue weighted by Crippen LogP contribution is 2.34. The van der Waals surface area contributed by atoms with Gasteiger partial charge < -0.3 is 14.2 Å². The van der Waals surface area contributed by atoms with E-state index in [2.05, 4.69) is 5.32 Å². The summed E-state index contributed by atoms with van der Waals surface area (Å²) in [6, 6.07) is 9.29. The van der Waals surface area contributed by atoms with Gasteiger partial charge in [-0.15, -0.1) is 0 Å². The lowest BCUT2D eigenvalue weighted by atomic mass is 9.98. The third-order valence-corrected chi connectivity index (χ3v) is 6.08. The molecule has 1 N–H and O–H groups in total. The molecule has 0 atom stereocenters. The van der Waals surface area contributed by atoms with Crippen molar-refractivity contribution in [2.24, 2.45) is 0 Å². The quantitative estimate of drug-likeness (QED) is 0.453. The highest BCUT2D eigenvalue weighted by molar-refractivity contribution is 6.31. The van der Waals surface area contributed by atoms with E-state index in [0.717, 1.165) is 44.4 Å². The van der Waals surface area contributed by atoms with Crippen LogP contribution in [0.1, 0.15) is 33.6 Å². The second-order valence-electron chi connectivity index (χ2n) is 7.58. The summed E-state index contributed by atoms with van der Waals surface area (Å²) in [7, 11) is 0. The standard InChI is InChI=1S/C24H22ClNO4/c1-12-15(4)29-22-14(3)23-18(9-17(12)22)13(2)19(24(28)30-23)10-21(27)26-11-16-7-5-6-8-20(16)25/h5-9H,10-11H2,1-4H3,(H,26,27). The van der Waals surface area contributed by atoms with Crippen molar-refractivity contribution < 1.29 is 13.6 Å². The number of benzene rings is 2. The van der Waals surface area contributed by atoms with E-state index >= 15 is 0 Å². The van der Waals surface area contributed by atoms with E-state index < -0.39 is 5.63 Å². The molecule has 30 heavy (non-hydrogen) atoms. The van der Waals surface area contributed by atoms with Gasteiger partial charge in [-0.25, -0.2) is 4.79 Å². The second-order valence-corrected chi connectivity index (χ2v) is 7.98. The monoisotopic (exact) mass is 423 g/mol. The van der Waals surface area contributed by atoms with Crippen LogP contribution >= 0.6 is 11.6 Å². The Hall–Kier alpha value is -3.05. The van der Waals surface area contributed by atoms with Crippen LogP contribution in [-0.2, 0) is 17.8 Å². The Balaban J connectivity index is 1.70. The first-order valence-electron chi connectivity index (χ1n) is 9.73. The van der Waals surface area contributed by atoms with Crippen LogP contribution in [0.3, 0.4) is 0 Å². The van der Waals surface area contributed by atoms with Gasteiger partial charge in [-0.05, 0) is 56.5 Å². The Morgan fingerprint density at radius 2 is 1.63 bits per heavy atom. The molecule has 0 fully saturated rings. The Kier molecular flexibility index (Phi) is 5.16. The molecule has 0 unspecified atom stereocenters. The SMILES string of the molecule is Cc1oc2c(C)c3oc(=O)c(CC(=O)NCc4ccccc4Cl)c(C)c3cc2c1C. The number of carbonyl (C=O) groups is 1. The van der Waals surface area contributed by atoms with Crippen LogP contribution in [0, 0.1) is 27.7 Å². The van der Waals surface area contributed by atoms with E-state index in [-0.39, 0.29) is 12.3 Å². The fourth-order valence-corrected chi connectivity index (χ4v) is 3.96. The largest absolute Gasteiger partial charge is 0.461 e. The van der Waals surface area contributed by atoms with Gasteiger partial charge in [0.15, 0.2) is 0 Å². The van der Waals surface area contributed by atoms with E-state index in [1.165, 1.54) is 0 Å². The van der Waals surface area contributed by atoms with E-state index in [1.54, 1.807) is 6.07 Å². The molecule has 0 spiro atoms. The Bertz CT molecular complexity index is 1360. The van der Waals surface area contributed by atoms with Crippen LogP contribution in [0.2, 0.25) is 5.02 Å². The van der Waals surface area contributed by atoms with E-state index in [9.17, 15) is 9.59 Å². The molecular formula is C24H22ClNO4. The van der Waals surface area contributed by atoms with Crippen LogP contribution in [0.15, 0.2) is 44.0 Å². The first-order chi connectivity index (χ1) is 14.3. The molecular weight excluding hydrogens is 402 g/mol. The fourth-order valence-electron chi connectivity index (χ4n) is 3.76. The number of rotatable bonds is 4. The minimum absolute atomic E-state index is 0.0605. The average Bonchev–Trinajstić information content (AvgIpc) is 3.00. The zero-order valence-corrected chi connectivity index (χ0v) is 18.1. The molecule has 0 bridgehead atoms. The van der Waals surface area contributed by atoms with Crippen molar-refractivity contribution in [1.82, 2.24) is 5.32 Å². The summed E-state index contributed by atoms with van der Waals surface area (Å²) in [5, 5.41) is 5.22. The number of nitrogens with one attached hydrogen (secondary N) is 1. The molecule has 4 aromatic rings. The molecule has 5 nitrogen and oxygen atoms in total. The van der Waals surface area contributed by atoms with Gasteiger partial charge in [0.05, 0.1) is 12.0 Å². The maximum atomic E-state index is 12.7. The first kappa shape index (κ1) is 20.2. The minimum atomic E-state index is -0.504. The van der Waals surface area contributed by atoms with Crippen molar-refractivity contribution >= 4 is 39.4 Å². The summed E-state index contributed by atoms with van der Waals surface area (Å²) in [5.41, 5.74) is 4.49. The predicted molar refractivity (Wildman–Crippen MR) is 118 cm³/mol. The number of amides is 1. The van der Waals surface area contributed by atoms with Crippen molar-refractivity contribution in [3.63, 3.8) is 0 Å². The molecule has 1 amide bonds. The summed E-state index contributed by atoms with van der Waals surface area (Å²) in [6.07, 6.45) is -0.0605. The third kappa shape index (κ3) is 3.39. The molecule has 154 valence electrons. The summed E-state index contributed by atoms with van der Waals surface area (Å²) in [4.78, 5) is 25.2. The third-order valence-electron chi connectivity index (χ3n) is 5.72. The first-order valence-corrected chi connectivity index (χ1v) is 10.1. The Morgan fingerprint density at radius 3 is 2.37 bits per heavy atom. The lowest BCUT2D eigenvalue weighted by molar-refractivity contribution is -0.120. The smallest absolute Gasteiger partial charge is 0.340 e. The van der Waals surface area contributed by atoms with E-state index in [1.807, 2.05) is 52.0 Å². The van der Waals surface area contributed by atoms with Crippen molar-refractivity contribution in [2.45, 2.75) is 40.7 Å². The number of hydrogen-bond donors (Lipinski definition) is 1. The second kappa shape index (κ2) is 7.65. The van der Waals surface area contributed by atoms with Gasteiger partial charge in [0.1, 0.15) is 16.9 Å². The topological polar surface area (TPSA) is 72.5 Å². The molecule has 2 aromatic carbocycles. The van der Waals surface area contributed by atoms with E-state index in [0.29, 0.717) is 22.7 Å². The zero-order valence-electron chi connectivity index (χ0n) is 17.3. The molecule has 0 saturated heterocycles. The highest BCUT2D eigenvalue weighted by atomic mass is 35.5. The minimum Gasteiger partial charge on any atom is -0.461 e. The van der Waals surface area contributed by atoms with Crippen molar-refractivity contribution in [3.05, 3.63) is 79.4 Å². The number of furan rings is 1. The molecule has 2 heterocycles. The van der Waals surface area contributed by atoms with Crippen LogP contribution in [0.25, 0.3) is 21.9 Å². The van der Waals surface area contributed by atoms with Crippen molar-refractivity contribution in [1.29, 1.82) is 0 Å². The number of carbonyl (C=O) groups excluding carboxylic acids is 1. The lowest BCUT2D eigenvalue weighted by Gasteiger charge is -2.11. The predicted octanol–water partition coefficient (Wildman–Crippen LogP) is 5.29. The fraction of sp³-hybridized carbons (Fsp3) is 0.250. The number of hydrogen-bond acceptors (Lipinski definition) is 4. The Labute approximate surface area is 178 Å². The van der Waals surface area contributed by atoms with Crippen molar-refractivity contribution in [3.8, 4) is 0 Å². The Morgan fingerprint density at radius 1 is 0.967 bits per heavy atom. The average molecular weight is 424 g/mol. The molecule has 4 rings (SSSR count). The molecule has 0 aliphatic carbocycles. The van der Waals surface area contributed by atoms with Gasteiger partial charge in [-0.1, -0.05) is 29.8 Å². The summed E-state index contributed by atoms with van der Waals surface area (Å²) < 4.78 is 11.5. The maximum Gasteiger partial charge on any atom is 0.340 e. The normalized spacial score (nSPS) is 11.4. The molecule has 6 heteroatoms. The van der Waals surface area contributed by atoms with Crippen LogP contribution in [-0.4, -0.2) is 5.91 Å². The van der Waals surface area contributed by atoms with Crippen LogP contribution in [0.5, 0.6) is 0 Å². The number of halogens is 1. The lowest BCUT2D eigenvalue weighted by Crippen LogP contribution is -2.27. The highest BCUT2D eigenvalue weighted by Gasteiger charge is 2.20. The summed E-state index contributed by atoms with van der Waals surface area (Å²) in [6.45, 7) is 7.94.